The SMILES string of the molecule is COc1cc(C2CC(C(=O)O)CN2)ccc1C(C)C. The number of hydrogen-bond donors (Lipinski definition) is 2. The molecule has 2 N–H and O–H groups in total. The predicted octanol–water partition coefficient (Wildman–Crippen LogP) is 2.55. The monoisotopic (exact) mass is 263 g/mol. The van der Waals surface area contributed by atoms with Crippen LogP contribution in [0.3, 0.4) is 0 Å². The van der Waals surface area contributed by atoms with E-state index in [0.717, 1.165) is 11.3 Å². The molecule has 2 rings (SSSR count). The normalized spacial score (nSPS) is 22.7. The third kappa shape index (κ3) is 2.89. The molecule has 0 spiro atoms. The van der Waals surface area contributed by atoms with Crippen LogP contribution >= 0.6 is 0 Å². The van der Waals surface area contributed by atoms with E-state index in [1.807, 2.05) is 6.07 Å². The zero-order valence-electron chi connectivity index (χ0n) is 11.6. The number of rotatable bonds is 4. The van der Waals surface area contributed by atoms with Gasteiger partial charge < -0.3 is 15.2 Å². The molecule has 1 aliphatic rings. The first kappa shape index (κ1) is 13.9. The van der Waals surface area contributed by atoms with Gasteiger partial charge in [-0.3, -0.25) is 4.79 Å². The summed E-state index contributed by atoms with van der Waals surface area (Å²) in [7, 11) is 1.67. The van der Waals surface area contributed by atoms with Crippen LogP contribution in [0.15, 0.2) is 18.2 Å². The van der Waals surface area contributed by atoms with Crippen LogP contribution in [0.2, 0.25) is 0 Å². The lowest BCUT2D eigenvalue weighted by atomic mass is 9.95. The van der Waals surface area contributed by atoms with Crippen LogP contribution in [0.4, 0.5) is 0 Å². The first-order valence-corrected chi connectivity index (χ1v) is 6.67. The van der Waals surface area contributed by atoms with Crippen molar-refractivity contribution in [2.24, 2.45) is 5.92 Å². The first-order chi connectivity index (χ1) is 9.02. The number of aliphatic carboxylic acids is 1. The Morgan fingerprint density at radius 2 is 2.21 bits per heavy atom. The van der Waals surface area contributed by atoms with Gasteiger partial charge in [0.1, 0.15) is 5.75 Å². The predicted molar refractivity (Wildman–Crippen MR) is 73.6 cm³/mol. The quantitative estimate of drug-likeness (QED) is 0.876. The largest absolute Gasteiger partial charge is 0.496 e. The Hall–Kier alpha value is -1.55. The van der Waals surface area contributed by atoms with Crippen molar-refractivity contribution in [1.82, 2.24) is 5.32 Å². The third-order valence-corrected chi connectivity index (χ3v) is 3.76. The van der Waals surface area contributed by atoms with Gasteiger partial charge in [0.05, 0.1) is 13.0 Å². The van der Waals surface area contributed by atoms with Crippen LogP contribution in [-0.4, -0.2) is 24.7 Å². The van der Waals surface area contributed by atoms with E-state index < -0.39 is 5.97 Å². The molecule has 0 aromatic heterocycles. The molecule has 0 amide bonds. The average molecular weight is 263 g/mol. The Kier molecular flexibility index (Phi) is 4.10. The minimum atomic E-state index is -0.722. The van der Waals surface area contributed by atoms with E-state index in [1.54, 1.807) is 7.11 Å². The van der Waals surface area contributed by atoms with Gasteiger partial charge in [0.25, 0.3) is 0 Å². The molecule has 19 heavy (non-hydrogen) atoms. The van der Waals surface area contributed by atoms with E-state index >= 15 is 0 Å². The Balaban J connectivity index is 2.20. The molecule has 1 aliphatic heterocycles. The van der Waals surface area contributed by atoms with Crippen LogP contribution in [0.5, 0.6) is 5.75 Å². The van der Waals surface area contributed by atoms with E-state index in [9.17, 15) is 4.79 Å². The number of nitrogens with one attached hydrogen (secondary N) is 1. The second-order valence-electron chi connectivity index (χ2n) is 5.39. The van der Waals surface area contributed by atoms with E-state index in [-0.39, 0.29) is 12.0 Å². The zero-order valence-corrected chi connectivity index (χ0v) is 11.6. The standard InChI is InChI=1S/C15H21NO3/c1-9(2)12-5-4-10(7-14(12)19-3)13-6-11(8-16-13)15(17)18/h4-5,7,9,11,13,16H,6,8H2,1-3H3,(H,17,18). The fourth-order valence-electron chi connectivity index (χ4n) is 2.60. The maximum absolute atomic E-state index is 11.0. The summed E-state index contributed by atoms with van der Waals surface area (Å²) in [6.45, 7) is 4.80. The molecular formula is C15H21NO3. The summed E-state index contributed by atoms with van der Waals surface area (Å²) in [4.78, 5) is 11.0. The van der Waals surface area contributed by atoms with E-state index in [2.05, 4.69) is 31.3 Å². The third-order valence-electron chi connectivity index (χ3n) is 3.76. The van der Waals surface area contributed by atoms with Gasteiger partial charge >= 0.3 is 5.97 Å². The molecule has 1 saturated heterocycles. The summed E-state index contributed by atoms with van der Waals surface area (Å²) in [5.41, 5.74) is 2.28. The van der Waals surface area contributed by atoms with E-state index in [0.29, 0.717) is 18.9 Å². The molecule has 2 unspecified atom stereocenters. The number of hydrogen-bond acceptors (Lipinski definition) is 3. The van der Waals surface area contributed by atoms with Crippen molar-refractivity contribution in [3.05, 3.63) is 29.3 Å². The molecular weight excluding hydrogens is 242 g/mol. The summed E-state index contributed by atoms with van der Waals surface area (Å²) < 4.78 is 5.44. The second-order valence-corrected chi connectivity index (χ2v) is 5.39. The number of carboxylic acid groups (broad SMARTS) is 1. The summed E-state index contributed by atoms with van der Waals surface area (Å²) in [6.07, 6.45) is 0.638. The smallest absolute Gasteiger partial charge is 0.307 e. The minimum absolute atomic E-state index is 0.108. The Morgan fingerprint density at radius 3 is 2.74 bits per heavy atom. The highest BCUT2D eigenvalue weighted by molar-refractivity contribution is 5.70. The maximum Gasteiger partial charge on any atom is 0.307 e. The maximum atomic E-state index is 11.0. The lowest BCUT2D eigenvalue weighted by Gasteiger charge is -2.16. The Labute approximate surface area is 113 Å². The van der Waals surface area contributed by atoms with Crippen molar-refractivity contribution in [3.63, 3.8) is 0 Å². The van der Waals surface area contributed by atoms with E-state index in [4.69, 9.17) is 9.84 Å². The van der Waals surface area contributed by atoms with Crippen molar-refractivity contribution in [3.8, 4) is 5.75 Å². The summed E-state index contributed by atoms with van der Waals surface area (Å²) in [5, 5.41) is 12.3. The fourth-order valence-corrected chi connectivity index (χ4v) is 2.60. The highest BCUT2D eigenvalue weighted by Gasteiger charge is 2.30. The van der Waals surface area contributed by atoms with Crippen LogP contribution in [0.25, 0.3) is 0 Å². The van der Waals surface area contributed by atoms with Gasteiger partial charge in [-0.1, -0.05) is 26.0 Å². The van der Waals surface area contributed by atoms with Crippen LogP contribution in [0, 0.1) is 5.92 Å². The zero-order chi connectivity index (χ0) is 14.0. The summed E-state index contributed by atoms with van der Waals surface area (Å²) in [5.74, 6) is 0.280. The molecule has 1 fully saturated rings. The molecule has 1 aromatic rings. The number of methoxy groups -OCH3 is 1. The van der Waals surface area contributed by atoms with Gasteiger partial charge in [-0.2, -0.15) is 0 Å². The first-order valence-electron chi connectivity index (χ1n) is 6.67. The number of carbonyl (C=O) groups is 1. The van der Waals surface area contributed by atoms with Gasteiger partial charge in [0.15, 0.2) is 0 Å². The molecule has 1 aromatic carbocycles. The molecule has 0 radical (unpaired) electrons. The van der Waals surface area contributed by atoms with Gasteiger partial charge in [0, 0.05) is 12.6 Å². The van der Waals surface area contributed by atoms with Crippen molar-refractivity contribution in [1.29, 1.82) is 0 Å². The number of ether oxygens (including phenoxy) is 1. The molecule has 0 bridgehead atoms. The molecule has 0 aliphatic carbocycles. The summed E-state index contributed by atoms with van der Waals surface area (Å²) >= 11 is 0. The molecule has 104 valence electrons. The number of carboxylic acids is 1. The second kappa shape index (κ2) is 5.61. The van der Waals surface area contributed by atoms with Crippen molar-refractivity contribution in [2.45, 2.75) is 32.2 Å². The lowest BCUT2D eigenvalue weighted by molar-refractivity contribution is -0.141. The van der Waals surface area contributed by atoms with Crippen LogP contribution in [0.1, 0.15) is 43.4 Å². The van der Waals surface area contributed by atoms with Crippen LogP contribution in [-0.2, 0) is 4.79 Å². The van der Waals surface area contributed by atoms with Crippen molar-refractivity contribution in [2.75, 3.05) is 13.7 Å². The van der Waals surface area contributed by atoms with Gasteiger partial charge in [-0.15, -0.1) is 0 Å². The molecule has 4 nitrogen and oxygen atoms in total. The summed E-state index contributed by atoms with van der Waals surface area (Å²) in [6, 6.07) is 6.28. The lowest BCUT2D eigenvalue weighted by Crippen LogP contribution is -2.17. The van der Waals surface area contributed by atoms with Gasteiger partial charge in [-0.05, 0) is 29.5 Å². The van der Waals surface area contributed by atoms with Gasteiger partial charge in [-0.25, -0.2) is 0 Å². The molecule has 4 heteroatoms. The number of benzene rings is 1. The van der Waals surface area contributed by atoms with Crippen molar-refractivity contribution < 1.29 is 14.6 Å². The minimum Gasteiger partial charge on any atom is -0.496 e. The molecule has 0 saturated carbocycles. The fraction of sp³-hybridized carbons (Fsp3) is 0.533. The Bertz CT molecular complexity index is 470. The molecule has 2 atom stereocenters. The van der Waals surface area contributed by atoms with Crippen molar-refractivity contribution >= 4 is 5.97 Å². The highest BCUT2D eigenvalue weighted by atomic mass is 16.5. The average Bonchev–Trinajstić information content (AvgIpc) is 2.87. The van der Waals surface area contributed by atoms with Gasteiger partial charge in [0.2, 0.25) is 0 Å². The topological polar surface area (TPSA) is 58.6 Å². The molecule has 1 heterocycles. The van der Waals surface area contributed by atoms with E-state index in [1.165, 1.54) is 5.56 Å². The highest BCUT2D eigenvalue weighted by Crippen LogP contribution is 2.33. The Morgan fingerprint density at radius 1 is 1.47 bits per heavy atom. The van der Waals surface area contributed by atoms with Crippen LogP contribution < -0.4 is 10.1 Å².